The Bertz CT molecular complexity index is 933. The molecule has 2 aromatic rings. The van der Waals surface area contributed by atoms with E-state index in [2.05, 4.69) is 5.32 Å². The van der Waals surface area contributed by atoms with Crippen molar-refractivity contribution in [1.82, 2.24) is 0 Å². The first-order valence-corrected chi connectivity index (χ1v) is 9.27. The molecular formula is C20H19ClN2O5. The maximum Gasteiger partial charge on any atom is 0.229 e. The molecule has 2 heterocycles. The summed E-state index contributed by atoms with van der Waals surface area (Å²) in [5, 5.41) is 3.22. The number of methoxy groups -OCH3 is 1. The van der Waals surface area contributed by atoms with Gasteiger partial charge in [0, 0.05) is 30.4 Å². The van der Waals surface area contributed by atoms with Crippen LogP contribution in [0.3, 0.4) is 0 Å². The number of anilines is 2. The molecule has 0 spiro atoms. The fourth-order valence-corrected chi connectivity index (χ4v) is 3.58. The molecule has 1 N–H and O–H groups in total. The lowest BCUT2D eigenvalue weighted by molar-refractivity contribution is -0.122. The van der Waals surface area contributed by atoms with Crippen molar-refractivity contribution in [3.63, 3.8) is 0 Å². The lowest BCUT2D eigenvalue weighted by Crippen LogP contribution is -2.28. The molecule has 0 unspecified atom stereocenters. The van der Waals surface area contributed by atoms with E-state index in [0.717, 1.165) is 0 Å². The zero-order chi connectivity index (χ0) is 19.7. The molecule has 0 radical (unpaired) electrons. The van der Waals surface area contributed by atoms with Crippen LogP contribution in [0, 0.1) is 5.92 Å². The van der Waals surface area contributed by atoms with Gasteiger partial charge in [-0.05, 0) is 30.3 Å². The Hall–Kier alpha value is -2.93. The van der Waals surface area contributed by atoms with Crippen LogP contribution in [-0.4, -0.2) is 38.7 Å². The molecule has 7 nitrogen and oxygen atoms in total. The van der Waals surface area contributed by atoms with E-state index in [-0.39, 0.29) is 18.2 Å². The largest absolute Gasteiger partial charge is 0.495 e. The minimum atomic E-state index is -0.457. The van der Waals surface area contributed by atoms with Gasteiger partial charge in [-0.3, -0.25) is 9.59 Å². The molecule has 1 fully saturated rings. The Kier molecular flexibility index (Phi) is 5.00. The first-order valence-electron chi connectivity index (χ1n) is 8.89. The van der Waals surface area contributed by atoms with Crippen LogP contribution >= 0.6 is 11.6 Å². The summed E-state index contributed by atoms with van der Waals surface area (Å²) >= 11 is 6.10. The van der Waals surface area contributed by atoms with Gasteiger partial charge in [0.2, 0.25) is 11.8 Å². The molecule has 0 bridgehead atoms. The topological polar surface area (TPSA) is 77.1 Å². The van der Waals surface area contributed by atoms with Gasteiger partial charge in [0.25, 0.3) is 0 Å². The third-order valence-corrected chi connectivity index (χ3v) is 5.05. The van der Waals surface area contributed by atoms with E-state index in [1.807, 2.05) is 0 Å². The second-order valence-corrected chi connectivity index (χ2v) is 6.98. The first-order chi connectivity index (χ1) is 13.5. The molecular weight excluding hydrogens is 384 g/mol. The molecule has 4 rings (SSSR count). The summed E-state index contributed by atoms with van der Waals surface area (Å²) in [7, 11) is 1.52. The SMILES string of the molecule is COc1ccc(NC(=O)[C@@H]2CC(=O)N(c3ccc4c(c3)OCCO4)C2)cc1Cl. The lowest BCUT2D eigenvalue weighted by Gasteiger charge is -2.22. The van der Waals surface area contributed by atoms with E-state index in [9.17, 15) is 9.59 Å². The molecule has 0 aliphatic carbocycles. The zero-order valence-corrected chi connectivity index (χ0v) is 16.0. The Labute approximate surface area is 167 Å². The second-order valence-electron chi connectivity index (χ2n) is 6.57. The Morgan fingerprint density at radius 2 is 1.96 bits per heavy atom. The maximum absolute atomic E-state index is 12.6. The Balaban J connectivity index is 1.45. The molecule has 146 valence electrons. The number of carbonyl (C=O) groups excluding carboxylic acids is 2. The minimum absolute atomic E-state index is 0.107. The molecule has 2 aromatic carbocycles. The number of fused-ring (bicyclic) bond motifs is 1. The Morgan fingerprint density at radius 3 is 2.71 bits per heavy atom. The predicted molar refractivity (Wildman–Crippen MR) is 105 cm³/mol. The van der Waals surface area contributed by atoms with E-state index in [1.165, 1.54) is 7.11 Å². The highest BCUT2D eigenvalue weighted by Crippen LogP contribution is 2.36. The highest BCUT2D eigenvalue weighted by Gasteiger charge is 2.35. The average molecular weight is 403 g/mol. The Morgan fingerprint density at radius 1 is 1.18 bits per heavy atom. The smallest absolute Gasteiger partial charge is 0.229 e. The van der Waals surface area contributed by atoms with Gasteiger partial charge >= 0.3 is 0 Å². The fourth-order valence-electron chi connectivity index (χ4n) is 3.32. The quantitative estimate of drug-likeness (QED) is 0.850. The van der Waals surface area contributed by atoms with Crippen molar-refractivity contribution >= 4 is 34.8 Å². The molecule has 2 aliphatic heterocycles. The van der Waals surface area contributed by atoms with E-state index in [0.29, 0.717) is 53.4 Å². The predicted octanol–water partition coefficient (Wildman–Crippen LogP) is 3.11. The third-order valence-electron chi connectivity index (χ3n) is 4.75. The van der Waals surface area contributed by atoms with Crippen molar-refractivity contribution in [2.45, 2.75) is 6.42 Å². The van der Waals surface area contributed by atoms with E-state index < -0.39 is 5.92 Å². The molecule has 28 heavy (non-hydrogen) atoms. The summed E-state index contributed by atoms with van der Waals surface area (Å²) in [6, 6.07) is 10.4. The number of hydrogen-bond acceptors (Lipinski definition) is 5. The summed E-state index contributed by atoms with van der Waals surface area (Å²) < 4.78 is 16.2. The maximum atomic E-state index is 12.6. The van der Waals surface area contributed by atoms with Gasteiger partial charge < -0.3 is 24.4 Å². The summed E-state index contributed by atoms with van der Waals surface area (Å²) in [6.07, 6.45) is 0.143. The molecule has 1 atom stereocenters. The van der Waals surface area contributed by atoms with Gasteiger partial charge in [-0.15, -0.1) is 0 Å². The highest BCUT2D eigenvalue weighted by atomic mass is 35.5. The standard InChI is InChI=1S/C20H19ClN2O5/c1-26-16-4-2-13(9-15(16)21)22-20(25)12-8-19(24)23(11-12)14-3-5-17-18(10-14)28-7-6-27-17/h2-5,9-10,12H,6-8,11H2,1H3,(H,22,25)/t12-/m1/s1. The van der Waals surface area contributed by atoms with Gasteiger partial charge in [0.15, 0.2) is 11.5 Å². The van der Waals surface area contributed by atoms with Crippen molar-refractivity contribution in [2.24, 2.45) is 5.92 Å². The van der Waals surface area contributed by atoms with Crippen LogP contribution in [-0.2, 0) is 9.59 Å². The van der Waals surface area contributed by atoms with Crippen LogP contribution < -0.4 is 24.4 Å². The fraction of sp³-hybridized carbons (Fsp3) is 0.300. The van der Waals surface area contributed by atoms with Crippen LogP contribution in [0.1, 0.15) is 6.42 Å². The van der Waals surface area contributed by atoms with E-state index in [4.69, 9.17) is 25.8 Å². The van der Waals surface area contributed by atoms with Crippen LogP contribution in [0.25, 0.3) is 0 Å². The summed E-state index contributed by atoms with van der Waals surface area (Å²) in [5.41, 5.74) is 1.25. The third kappa shape index (κ3) is 3.57. The van der Waals surface area contributed by atoms with Crippen molar-refractivity contribution in [2.75, 3.05) is 37.1 Å². The highest BCUT2D eigenvalue weighted by molar-refractivity contribution is 6.32. The van der Waals surface area contributed by atoms with Crippen molar-refractivity contribution in [3.8, 4) is 17.2 Å². The van der Waals surface area contributed by atoms with Crippen LogP contribution in [0.5, 0.6) is 17.2 Å². The van der Waals surface area contributed by atoms with Crippen LogP contribution in [0.4, 0.5) is 11.4 Å². The number of rotatable bonds is 4. The van der Waals surface area contributed by atoms with Gasteiger partial charge in [0.05, 0.1) is 18.1 Å². The molecule has 2 amide bonds. The second kappa shape index (κ2) is 7.59. The monoisotopic (exact) mass is 402 g/mol. The van der Waals surface area contributed by atoms with Crippen molar-refractivity contribution in [3.05, 3.63) is 41.4 Å². The number of nitrogens with one attached hydrogen (secondary N) is 1. The van der Waals surface area contributed by atoms with Crippen LogP contribution in [0.2, 0.25) is 5.02 Å². The van der Waals surface area contributed by atoms with Gasteiger partial charge in [-0.2, -0.15) is 0 Å². The number of nitrogens with zero attached hydrogens (tertiary/aromatic N) is 1. The molecule has 0 saturated carbocycles. The normalized spacial score (nSPS) is 18.1. The lowest BCUT2D eigenvalue weighted by atomic mass is 10.1. The van der Waals surface area contributed by atoms with E-state index in [1.54, 1.807) is 41.3 Å². The van der Waals surface area contributed by atoms with E-state index >= 15 is 0 Å². The van der Waals surface area contributed by atoms with Gasteiger partial charge in [-0.1, -0.05) is 11.6 Å². The van der Waals surface area contributed by atoms with Crippen molar-refractivity contribution in [1.29, 1.82) is 0 Å². The van der Waals surface area contributed by atoms with Crippen LogP contribution in [0.15, 0.2) is 36.4 Å². The van der Waals surface area contributed by atoms with Gasteiger partial charge in [-0.25, -0.2) is 0 Å². The molecule has 8 heteroatoms. The molecule has 0 aromatic heterocycles. The summed E-state index contributed by atoms with van der Waals surface area (Å²) in [5.74, 6) is 1.01. The first kappa shape index (κ1) is 18.4. The number of amides is 2. The summed E-state index contributed by atoms with van der Waals surface area (Å²) in [4.78, 5) is 26.7. The van der Waals surface area contributed by atoms with Crippen molar-refractivity contribution < 1.29 is 23.8 Å². The number of hydrogen-bond donors (Lipinski definition) is 1. The zero-order valence-electron chi connectivity index (χ0n) is 15.2. The molecule has 2 aliphatic rings. The average Bonchev–Trinajstić information content (AvgIpc) is 3.09. The van der Waals surface area contributed by atoms with Gasteiger partial charge in [0.1, 0.15) is 19.0 Å². The number of ether oxygens (including phenoxy) is 3. The number of benzene rings is 2. The summed E-state index contributed by atoms with van der Waals surface area (Å²) in [6.45, 7) is 1.28. The number of carbonyl (C=O) groups is 2. The minimum Gasteiger partial charge on any atom is -0.495 e. The number of halogens is 1. The molecule has 1 saturated heterocycles.